The molecule has 20 heavy (non-hydrogen) atoms. The van der Waals surface area contributed by atoms with E-state index in [0.717, 1.165) is 24.3 Å². The molecule has 0 atom stereocenters. The molecule has 2 N–H and O–H groups in total. The number of nitrogens with zero attached hydrogens (tertiary/aromatic N) is 1. The van der Waals surface area contributed by atoms with Crippen LogP contribution < -0.4 is 10.1 Å². The van der Waals surface area contributed by atoms with Gasteiger partial charge in [-0.25, -0.2) is 0 Å². The number of rotatable bonds is 9. The number of hydrogen-bond donors (Lipinski definition) is 2. The first-order valence-corrected chi connectivity index (χ1v) is 6.94. The first kappa shape index (κ1) is 16.5. The van der Waals surface area contributed by atoms with Gasteiger partial charge in [-0.3, -0.25) is 4.79 Å². The second kappa shape index (κ2) is 9.34. The van der Waals surface area contributed by atoms with E-state index >= 15 is 0 Å². The Morgan fingerprint density at radius 3 is 2.80 bits per heavy atom. The smallest absolute Gasteiger partial charge is 0.236 e. The number of amides is 1. The fraction of sp³-hybridized carbons (Fsp3) is 0.533. The third kappa shape index (κ3) is 5.19. The van der Waals surface area contributed by atoms with Crippen molar-refractivity contribution in [3.8, 4) is 5.75 Å². The number of carbonyl (C=O) groups excluding carboxylic acids is 1. The van der Waals surface area contributed by atoms with Crippen LogP contribution in [0.3, 0.4) is 0 Å². The van der Waals surface area contributed by atoms with Gasteiger partial charge in [0.1, 0.15) is 5.75 Å². The molecule has 0 aliphatic carbocycles. The Kier molecular flexibility index (Phi) is 7.69. The maximum atomic E-state index is 12.1. The fourth-order valence-corrected chi connectivity index (χ4v) is 1.94. The molecule has 0 heterocycles. The summed E-state index contributed by atoms with van der Waals surface area (Å²) < 4.78 is 5.29. The van der Waals surface area contributed by atoms with Crippen molar-refractivity contribution in [3.63, 3.8) is 0 Å². The Morgan fingerprint density at radius 2 is 2.15 bits per heavy atom. The zero-order chi connectivity index (χ0) is 14.8. The molecule has 0 aromatic heterocycles. The molecule has 1 rings (SSSR count). The molecule has 1 aromatic rings. The number of methoxy groups -OCH3 is 1. The summed E-state index contributed by atoms with van der Waals surface area (Å²) >= 11 is 0. The van der Waals surface area contributed by atoms with Gasteiger partial charge in [0, 0.05) is 18.7 Å². The van der Waals surface area contributed by atoms with Crippen LogP contribution in [0.2, 0.25) is 0 Å². The van der Waals surface area contributed by atoms with Crippen LogP contribution in [0.5, 0.6) is 5.75 Å². The second-order valence-corrected chi connectivity index (χ2v) is 4.53. The van der Waals surface area contributed by atoms with E-state index in [4.69, 9.17) is 9.84 Å². The molecular formula is C15H24N2O3. The molecule has 1 amide bonds. The maximum Gasteiger partial charge on any atom is 0.236 e. The van der Waals surface area contributed by atoms with Crippen molar-refractivity contribution in [1.29, 1.82) is 0 Å². The molecule has 0 aliphatic rings. The molecule has 0 aliphatic heterocycles. The third-order valence-electron chi connectivity index (χ3n) is 2.98. The van der Waals surface area contributed by atoms with Crippen molar-refractivity contribution in [2.24, 2.45) is 0 Å². The molecular weight excluding hydrogens is 256 g/mol. The molecule has 5 heteroatoms. The molecule has 0 bridgehead atoms. The Hall–Kier alpha value is -1.59. The van der Waals surface area contributed by atoms with Gasteiger partial charge in [0.2, 0.25) is 5.91 Å². The van der Waals surface area contributed by atoms with E-state index in [-0.39, 0.29) is 12.5 Å². The van der Waals surface area contributed by atoms with E-state index in [2.05, 4.69) is 12.2 Å². The molecule has 112 valence electrons. The second-order valence-electron chi connectivity index (χ2n) is 4.53. The van der Waals surface area contributed by atoms with Gasteiger partial charge in [-0.05, 0) is 19.0 Å². The summed E-state index contributed by atoms with van der Waals surface area (Å²) in [7, 11) is 1.61. The zero-order valence-corrected chi connectivity index (χ0v) is 12.3. The van der Waals surface area contributed by atoms with Crippen LogP contribution in [0.15, 0.2) is 24.3 Å². The highest BCUT2D eigenvalue weighted by molar-refractivity contribution is 5.78. The van der Waals surface area contributed by atoms with Gasteiger partial charge in [0.05, 0.1) is 20.3 Å². The standard InChI is InChI=1S/C15H24N2O3/c1-3-8-16-11-15(19)17(9-10-18)12-13-6-4-5-7-14(13)20-2/h4-7,16,18H,3,8-12H2,1-2H3. The molecule has 0 spiro atoms. The summed E-state index contributed by atoms with van der Waals surface area (Å²) in [5, 5.41) is 12.2. The molecule has 5 nitrogen and oxygen atoms in total. The minimum Gasteiger partial charge on any atom is -0.496 e. The van der Waals surface area contributed by atoms with E-state index in [0.29, 0.717) is 19.6 Å². The van der Waals surface area contributed by atoms with Gasteiger partial charge in [0.15, 0.2) is 0 Å². The lowest BCUT2D eigenvalue weighted by Crippen LogP contribution is -2.39. The molecule has 1 aromatic carbocycles. The number of aliphatic hydroxyl groups excluding tert-OH is 1. The van der Waals surface area contributed by atoms with Crippen molar-refractivity contribution in [1.82, 2.24) is 10.2 Å². The summed E-state index contributed by atoms with van der Waals surface area (Å²) in [5.74, 6) is 0.739. The van der Waals surface area contributed by atoms with E-state index < -0.39 is 0 Å². The Balaban J connectivity index is 2.68. The first-order valence-electron chi connectivity index (χ1n) is 6.94. The first-order chi connectivity index (χ1) is 9.72. The maximum absolute atomic E-state index is 12.1. The number of nitrogens with one attached hydrogen (secondary N) is 1. The number of carbonyl (C=O) groups is 1. The Bertz CT molecular complexity index is 410. The van der Waals surface area contributed by atoms with E-state index in [9.17, 15) is 4.79 Å². The van der Waals surface area contributed by atoms with Crippen molar-refractivity contribution < 1.29 is 14.6 Å². The number of para-hydroxylation sites is 1. The average Bonchev–Trinajstić information content (AvgIpc) is 2.47. The Labute approximate surface area is 120 Å². The lowest BCUT2D eigenvalue weighted by atomic mass is 10.2. The molecule has 0 saturated heterocycles. The van der Waals surface area contributed by atoms with Gasteiger partial charge >= 0.3 is 0 Å². The van der Waals surface area contributed by atoms with Crippen LogP contribution >= 0.6 is 0 Å². The predicted molar refractivity (Wildman–Crippen MR) is 78.7 cm³/mol. The van der Waals surface area contributed by atoms with Crippen molar-refractivity contribution in [3.05, 3.63) is 29.8 Å². The van der Waals surface area contributed by atoms with Crippen molar-refractivity contribution >= 4 is 5.91 Å². The van der Waals surface area contributed by atoms with Gasteiger partial charge in [0.25, 0.3) is 0 Å². The largest absolute Gasteiger partial charge is 0.496 e. The summed E-state index contributed by atoms with van der Waals surface area (Å²) in [6.07, 6.45) is 0.986. The lowest BCUT2D eigenvalue weighted by Gasteiger charge is -2.23. The van der Waals surface area contributed by atoms with E-state index in [1.807, 2.05) is 24.3 Å². The van der Waals surface area contributed by atoms with E-state index in [1.54, 1.807) is 12.0 Å². The molecule has 0 unspecified atom stereocenters. The topological polar surface area (TPSA) is 61.8 Å². The highest BCUT2D eigenvalue weighted by atomic mass is 16.5. The number of aliphatic hydroxyl groups is 1. The van der Waals surface area contributed by atoms with Gasteiger partial charge in [-0.15, -0.1) is 0 Å². The summed E-state index contributed by atoms with van der Waals surface area (Å²) in [6.45, 7) is 3.88. The number of hydrogen-bond acceptors (Lipinski definition) is 4. The molecule has 0 fully saturated rings. The molecule has 0 saturated carbocycles. The highest BCUT2D eigenvalue weighted by Gasteiger charge is 2.14. The zero-order valence-electron chi connectivity index (χ0n) is 12.3. The van der Waals surface area contributed by atoms with Crippen molar-refractivity contribution in [2.45, 2.75) is 19.9 Å². The minimum absolute atomic E-state index is 0.0154. The van der Waals surface area contributed by atoms with Crippen LogP contribution in [0, 0.1) is 0 Å². The Morgan fingerprint density at radius 1 is 1.40 bits per heavy atom. The minimum atomic E-state index is -0.0470. The average molecular weight is 280 g/mol. The van der Waals surface area contributed by atoms with Crippen LogP contribution in [-0.4, -0.2) is 49.3 Å². The molecule has 0 radical (unpaired) electrons. The normalized spacial score (nSPS) is 10.3. The lowest BCUT2D eigenvalue weighted by molar-refractivity contribution is -0.131. The monoisotopic (exact) mass is 280 g/mol. The van der Waals surface area contributed by atoms with Crippen LogP contribution in [0.25, 0.3) is 0 Å². The quantitative estimate of drug-likeness (QED) is 0.663. The third-order valence-corrected chi connectivity index (χ3v) is 2.98. The van der Waals surface area contributed by atoms with Gasteiger partial charge in [-0.1, -0.05) is 25.1 Å². The van der Waals surface area contributed by atoms with Crippen molar-refractivity contribution in [2.75, 3.05) is 33.4 Å². The van der Waals surface area contributed by atoms with E-state index in [1.165, 1.54) is 0 Å². The fourth-order valence-electron chi connectivity index (χ4n) is 1.94. The van der Waals surface area contributed by atoms with Crippen LogP contribution in [0.4, 0.5) is 0 Å². The van der Waals surface area contributed by atoms with Crippen LogP contribution in [0.1, 0.15) is 18.9 Å². The van der Waals surface area contributed by atoms with Gasteiger partial charge < -0.3 is 20.1 Å². The predicted octanol–water partition coefficient (Wildman–Crippen LogP) is 1.02. The summed E-state index contributed by atoms with van der Waals surface area (Å²) in [4.78, 5) is 13.8. The number of benzene rings is 1. The summed E-state index contributed by atoms with van der Waals surface area (Å²) in [6, 6.07) is 7.60. The number of ether oxygens (including phenoxy) is 1. The van der Waals surface area contributed by atoms with Crippen LogP contribution in [-0.2, 0) is 11.3 Å². The summed E-state index contributed by atoms with van der Waals surface area (Å²) in [5.41, 5.74) is 0.937. The SMILES string of the molecule is CCCNCC(=O)N(CCO)Cc1ccccc1OC. The van der Waals surface area contributed by atoms with Gasteiger partial charge in [-0.2, -0.15) is 0 Å². The highest BCUT2D eigenvalue weighted by Crippen LogP contribution is 2.19.